The molecule has 1 N–H and O–H groups in total. The molecule has 0 amide bonds. The van der Waals surface area contributed by atoms with Crippen LogP contribution < -0.4 is 10.1 Å². The highest BCUT2D eigenvalue weighted by Crippen LogP contribution is 2.31. The van der Waals surface area contributed by atoms with E-state index < -0.39 is 0 Å². The van der Waals surface area contributed by atoms with E-state index in [2.05, 4.69) is 36.2 Å². The average Bonchev–Trinajstić information content (AvgIpc) is 3.01. The van der Waals surface area contributed by atoms with E-state index in [4.69, 9.17) is 16.3 Å². The molecule has 0 saturated carbocycles. The van der Waals surface area contributed by atoms with E-state index >= 15 is 0 Å². The lowest BCUT2D eigenvalue weighted by atomic mass is 10.2. The first kappa shape index (κ1) is 17.8. The number of rotatable bonds is 4. The van der Waals surface area contributed by atoms with Gasteiger partial charge in [0.2, 0.25) is 5.28 Å². The Bertz CT molecular complexity index is 1140. The van der Waals surface area contributed by atoms with Crippen LogP contribution in [-0.2, 0) is 7.05 Å². The van der Waals surface area contributed by atoms with Crippen molar-refractivity contribution >= 4 is 50.1 Å². The maximum absolute atomic E-state index is 6.04. The third kappa shape index (κ3) is 3.74. The Labute approximate surface area is 169 Å². The van der Waals surface area contributed by atoms with Gasteiger partial charge in [-0.25, -0.2) is 9.97 Å². The minimum Gasteiger partial charge on any atom is -0.457 e. The van der Waals surface area contributed by atoms with Gasteiger partial charge in [0.15, 0.2) is 0 Å². The molecular weight excluding hydrogens is 430 g/mol. The molecular formula is C19H15BrClN5O. The van der Waals surface area contributed by atoms with E-state index in [1.54, 1.807) is 12.5 Å². The van der Waals surface area contributed by atoms with Crippen molar-refractivity contribution in [2.45, 2.75) is 6.92 Å². The van der Waals surface area contributed by atoms with E-state index in [0.717, 1.165) is 38.3 Å². The van der Waals surface area contributed by atoms with Gasteiger partial charge in [0.05, 0.1) is 21.8 Å². The quantitative estimate of drug-likeness (QED) is 0.414. The van der Waals surface area contributed by atoms with Crippen LogP contribution in [0.3, 0.4) is 0 Å². The van der Waals surface area contributed by atoms with Gasteiger partial charge in [-0.3, -0.25) is 0 Å². The molecule has 0 fully saturated rings. The number of fused-ring (bicyclic) bond motifs is 1. The van der Waals surface area contributed by atoms with Crippen LogP contribution >= 0.6 is 27.5 Å². The van der Waals surface area contributed by atoms with Crippen molar-refractivity contribution < 1.29 is 4.74 Å². The maximum Gasteiger partial charge on any atom is 0.224 e. The summed E-state index contributed by atoms with van der Waals surface area (Å²) in [5, 5.41) is 3.40. The van der Waals surface area contributed by atoms with Crippen molar-refractivity contribution in [2.24, 2.45) is 7.05 Å². The summed E-state index contributed by atoms with van der Waals surface area (Å²) in [7, 11) is 1.97. The monoisotopic (exact) mass is 443 g/mol. The highest BCUT2D eigenvalue weighted by molar-refractivity contribution is 9.10. The van der Waals surface area contributed by atoms with Crippen molar-refractivity contribution in [3.63, 3.8) is 0 Å². The van der Waals surface area contributed by atoms with Crippen molar-refractivity contribution in [2.75, 3.05) is 5.32 Å². The molecule has 0 radical (unpaired) electrons. The molecule has 0 aliphatic heterocycles. The zero-order chi connectivity index (χ0) is 19.0. The van der Waals surface area contributed by atoms with Crippen LogP contribution in [0.15, 0.2) is 53.4 Å². The number of nitrogens with zero attached hydrogens (tertiary/aromatic N) is 4. The molecule has 0 spiro atoms. The molecule has 27 heavy (non-hydrogen) atoms. The van der Waals surface area contributed by atoms with Gasteiger partial charge in [-0.1, -0.05) is 0 Å². The van der Waals surface area contributed by atoms with E-state index in [9.17, 15) is 0 Å². The number of halogens is 2. The van der Waals surface area contributed by atoms with Crippen molar-refractivity contribution in [3.8, 4) is 11.5 Å². The van der Waals surface area contributed by atoms with Crippen molar-refractivity contribution in [3.05, 3.63) is 64.2 Å². The highest BCUT2D eigenvalue weighted by Gasteiger charge is 2.08. The van der Waals surface area contributed by atoms with E-state index in [1.807, 2.05) is 54.9 Å². The summed E-state index contributed by atoms with van der Waals surface area (Å²) in [6.07, 6.45) is 3.40. The molecule has 4 rings (SSSR count). The van der Waals surface area contributed by atoms with Gasteiger partial charge in [0.25, 0.3) is 0 Å². The molecule has 0 aliphatic rings. The second-order valence-corrected chi connectivity index (χ2v) is 7.24. The summed E-state index contributed by atoms with van der Waals surface area (Å²) in [6, 6.07) is 11.7. The maximum atomic E-state index is 6.04. The van der Waals surface area contributed by atoms with Crippen LogP contribution in [0.4, 0.5) is 11.5 Å². The molecule has 2 aromatic carbocycles. The van der Waals surface area contributed by atoms with Gasteiger partial charge in [0, 0.05) is 25.0 Å². The number of hydrogen-bond acceptors (Lipinski definition) is 5. The number of aromatic nitrogens is 4. The molecule has 0 atom stereocenters. The summed E-state index contributed by atoms with van der Waals surface area (Å²) in [5.74, 6) is 2.12. The molecule has 0 bridgehead atoms. The highest BCUT2D eigenvalue weighted by atomic mass is 79.9. The molecule has 2 heterocycles. The Balaban J connectivity index is 1.56. The van der Waals surface area contributed by atoms with Gasteiger partial charge >= 0.3 is 0 Å². The molecule has 8 heteroatoms. The molecule has 4 aromatic rings. The number of aryl methyl sites for hydroxylation is 2. The standard InChI is InChI=1S/C19H15BrClN5O/c1-11-7-12(24-18-14(20)9-22-19(21)25-18)3-6-17(11)27-13-4-5-16-15(8-13)23-10-26(16)2/h3-10H,1-2H3,(H,22,24,25). The Morgan fingerprint density at radius 1 is 1.15 bits per heavy atom. The predicted octanol–water partition coefficient (Wildman–Crippen LogP) is 5.62. The molecule has 2 aromatic heterocycles. The third-order valence-electron chi connectivity index (χ3n) is 4.08. The zero-order valence-electron chi connectivity index (χ0n) is 14.6. The minimum atomic E-state index is 0.183. The fourth-order valence-corrected chi connectivity index (χ4v) is 3.14. The lowest BCUT2D eigenvalue weighted by Gasteiger charge is -2.12. The van der Waals surface area contributed by atoms with Gasteiger partial charge < -0.3 is 14.6 Å². The number of imidazole rings is 1. The van der Waals surface area contributed by atoms with E-state index in [-0.39, 0.29) is 5.28 Å². The van der Waals surface area contributed by atoms with Crippen LogP contribution in [0.2, 0.25) is 5.28 Å². The first-order valence-corrected chi connectivity index (χ1v) is 9.31. The first-order chi connectivity index (χ1) is 13.0. The van der Waals surface area contributed by atoms with Gasteiger partial charge in [-0.2, -0.15) is 4.98 Å². The van der Waals surface area contributed by atoms with Crippen LogP contribution in [0, 0.1) is 6.92 Å². The van der Waals surface area contributed by atoms with Crippen molar-refractivity contribution in [1.29, 1.82) is 0 Å². The smallest absolute Gasteiger partial charge is 0.224 e. The third-order valence-corrected chi connectivity index (χ3v) is 4.84. The molecule has 0 aliphatic carbocycles. The second-order valence-electron chi connectivity index (χ2n) is 6.05. The number of ether oxygens (including phenoxy) is 1. The Morgan fingerprint density at radius 2 is 2.00 bits per heavy atom. The van der Waals surface area contributed by atoms with E-state index in [1.165, 1.54) is 0 Å². The van der Waals surface area contributed by atoms with Gasteiger partial charge in [-0.05, 0) is 70.3 Å². The molecule has 0 unspecified atom stereocenters. The second kappa shape index (κ2) is 7.17. The summed E-state index contributed by atoms with van der Waals surface area (Å²) >= 11 is 9.27. The van der Waals surface area contributed by atoms with E-state index in [0.29, 0.717) is 5.82 Å². The number of anilines is 2. The number of nitrogens with one attached hydrogen (secondary N) is 1. The van der Waals surface area contributed by atoms with Crippen LogP contribution in [-0.4, -0.2) is 19.5 Å². The first-order valence-electron chi connectivity index (χ1n) is 8.14. The topological polar surface area (TPSA) is 64.9 Å². The predicted molar refractivity (Wildman–Crippen MR) is 110 cm³/mol. The SMILES string of the molecule is Cc1cc(Nc2nc(Cl)ncc2Br)ccc1Oc1ccc2c(c1)ncn2C. The Hall–Kier alpha value is -2.64. The lowest BCUT2D eigenvalue weighted by molar-refractivity contribution is 0.479. The van der Waals surface area contributed by atoms with Crippen molar-refractivity contribution in [1.82, 2.24) is 19.5 Å². The molecule has 6 nitrogen and oxygen atoms in total. The summed E-state index contributed by atoms with van der Waals surface area (Å²) in [5.41, 5.74) is 3.82. The van der Waals surface area contributed by atoms with Crippen LogP contribution in [0.1, 0.15) is 5.56 Å². The summed E-state index contributed by atoms with van der Waals surface area (Å²) < 4.78 is 8.75. The summed E-state index contributed by atoms with van der Waals surface area (Å²) in [4.78, 5) is 12.5. The van der Waals surface area contributed by atoms with Gasteiger partial charge in [0.1, 0.15) is 17.3 Å². The van der Waals surface area contributed by atoms with Crippen LogP contribution in [0.25, 0.3) is 11.0 Å². The largest absolute Gasteiger partial charge is 0.457 e. The minimum absolute atomic E-state index is 0.183. The fraction of sp³-hybridized carbons (Fsp3) is 0.105. The fourth-order valence-electron chi connectivity index (χ4n) is 2.72. The average molecular weight is 445 g/mol. The molecule has 0 saturated heterocycles. The number of hydrogen-bond donors (Lipinski definition) is 1. The Morgan fingerprint density at radius 3 is 2.81 bits per heavy atom. The summed E-state index contributed by atoms with van der Waals surface area (Å²) in [6.45, 7) is 1.99. The lowest BCUT2D eigenvalue weighted by Crippen LogP contribution is -1.97. The number of benzene rings is 2. The molecule has 136 valence electrons. The van der Waals surface area contributed by atoms with Crippen LogP contribution in [0.5, 0.6) is 11.5 Å². The normalized spacial score (nSPS) is 11.0. The van der Waals surface area contributed by atoms with Gasteiger partial charge in [-0.15, -0.1) is 0 Å². The zero-order valence-corrected chi connectivity index (χ0v) is 16.9. The Kier molecular flexibility index (Phi) is 4.72.